The van der Waals surface area contributed by atoms with Gasteiger partial charge < -0.3 is 0 Å². The second-order valence-electron chi connectivity index (χ2n) is 3.58. The van der Waals surface area contributed by atoms with E-state index in [1.54, 1.807) is 0 Å². The van der Waals surface area contributed by atoms with Gasteiger partial charge in [0.05, 0.1) is 5.56 Å². The zero-order chi connectivity index (χ0) is 13.3. The van der Waals surface area contributed by atoms with Crippen molar-refractivity contribution < 1.29 is 13.6 Å². The second-order valence-corrected chi connectivity index (χ2v) is 4.87. The maximum atomic E-state index is 13.5. The van der Waals surface area contributed by atoms with Gasteiger partial charge in [-0.05, 0) is 46.3 Å². The zero-order valence-corrected chi connectivity index (χ0v) is 11.2. The number of benzene rings is 2. The number of rotatable bonds is 2. The molecule has 0 heterocycles. The summed E-state index contributed by atoms with van der Waals surface area (Å²) in [5.41, 5.74) is 0.0873. The van der Waals surface area contributed by atoms with E-state index in [4.69, 9.17) is 11.6 Å². The Hall–Kier alpha value is -1.26. The first-order chi connectivity index (χ1) is 8.49. The van der Waals surface area contributed by atoms with Gasteiger partial charge >= 0.3 is 0 Å². The third-order valence-corrected chi connectivity index (χ3v) is 3.24. The third kappa shape index (κ3) is 2.60. The largest absolute Gasteiger partial charge is 0.288 e. The van der Waals surface area contributed by atoms with Gasteiger partial charge in [0, 0.05) is 21.1 Å². The summed E-state index contributed by atoms with van der Waals surface area (Å²) >= 11 is 8.94. The lowest BCUT2D eigenvalue weighted by Crippen LogP contribution is -2.05. The first-order valence-corrected chi connectivity index (χ1v) is 6.11. The molecule has 0 unspecified atom stereocenters. The van der Waals surface area contributed by atoms with Gasteiger partial charge in [0.25, 0.3) is 0 Å². The molecule has 2 aromatic rings. The molecular weight excluding hydrogens is 325 g/mol. The summed E-state index contributed by atoms with van der Waals surface area (Å²) < 4.78 is 26.7. The van der Waals surface area contributed by atoms with Crippen LogP contribution in [-0.4, -0.2) is 5.78 Å². The van der Waals surface area contributed by atoms with Crippen LogP contribution in [0.4, 0.5) is 8.78 Å². The van der Waals surface area contributed by atoms with Gasteiger partial charge in [-0.25, -0.2) is 8.78 Å². The Morgan fingerprint density at radius 2 is 1.72 bits per heavy atom. The summed E-state index contributed by atoms with van der Waals surface area (Å²) in [6.45, 7) is 0. The lowest BCUT2D eigenvalue weighted by molar-refractivity contribution is 0.103. The zero-order valence-electron chi connectivity index (χ0n) is 8.88. The molecule has 0 aliphatic carbocycles. The topological polar surface area (TPSA) is 17.1 Å². The highest BCUT2D eigenvalue weighted by Crippen LogP contribution is 2.25. The van der Waals surface area contributed by atoms with Crippen molar-refractivity contribution in [2.45, 2.75) is 0 Å². The molecule has 18 heavy (non-hydrogen) atoms. The van der Waals surface area contributed by atoms with Crippen LogP contribution in [0.1, 0.15) is 15.9 Å². The summed E-state index contributed by atoms with van der Waals surface area (Å²) in [7, 11) is 0. The molecule has 0 aromatic heterocycles. The Labute approximate surface area is 116 Å². The monoisotopic (exact) mass is 330 g/mol. The summed E-state index contributed by atoms with van der Waals surface area (Å²) in [6, 6.07) is 7.39. The Kier molecular flexibility index (Phi) is 3.78. The summed E-state index contributed by atoms with van der Waals surface area (Å²) in [6.07, 6.45) is 0. The van der Waals surface area contributed by atoms with Gasteiger partial charge in [0.2, 0.25) is 0 Å². The number of carbonyl (C=O) groups excluding carboxylic acids is 1. The first-order valence-electron chi connectivity index (χ1n) is 4.94. The molecule has 0 aliphatic rings. The second kappa shape index (κ2) is 5.16. The van der Waals surface area contributed by atoms with Crippen molar-refractivity contribution in [2.24, 2.45) is 0 Å². The number of hydrogen-bond acceptors (Lipinski definition) is 1. The minimum absolute atomic E-state index is 0.181. The molecule has 0 bridgehead atoms. The summed E-state index contributed by atoms with van der Waals surface area (Å²) in [5.74, 6) is -2.14. The van der Waals surface area contributed by atoms with E-state index in [1.165, 1.54) is 18.2 Å². The van der Waals surface area contributed by atoms with Crippen LogP contribution in [0.25, 0.3) is 0 Å². The van der Waals surface area contributed by atoms with Crippen LogP contribution in [0, 0.1) is 11.6 Å². The van der Waals surface area contributed by atoms with Crippen molar-refractivity contribution in [1.82, 2.24) is 0 Å². The Morgan fingerprint density at radius 1 is 1.06 bits per heavy atom. The molecule has 92 valence electrons. The van der Waals surface area contributed by atoms with Crippen molar-refractivity contribution >= 4 is 33.3 Å². The van der Waals surface area contributed by atoms with Crippen molar-refractivity contribution in [2.75, 3.05) is 0 Å². The van der Waals surface area contributed by atoms with Gasteiger partial charge in [0.15, 0.2) is 5.78 Å². The highest BCUT2D eigenvalue weighted by Gasteiger charge is 2.17. The van der Waals surface area contributed by atoms with E-state index in [0.717, 1.165) is 12.1 Å². The fourth-order valence-electron chi connectivity index (χ4n) is 1.49. The van der Waals surface area contributed by atoms with Crippen LogP contribution in [0.15, 0.2) is 40.9 Å². The van der Waals surface area contributed by atoms with Crippen LogP contribution in [0.5, 0.6) is 0 Å². The van der Waals surface area contributed by atoms with E-state index in [9.17, 15) is 13.6 Å². The predicted molar refractivity (Wildman–Crippen MR) is 68.9 cm³/mol. The van der Waals surface area contributed by atoms with Gasteiger partial charge in [-0.1, -0.05) is 11.6 Å². The van der Waals surface area contributed by atoms with E-state index in [1.807, 2.05) is 0 Å². The van der Waals surface area contributed by atoms with E-state index < -0.39 is 17.4 Å². The average molecular weight is 332 g/mol. The smallest absolute Gasteiger partial charge is 0.197 e. The first kappa shape index (κ1) is 13.2. The Morgan fingerprint density at radius 3 is 2.33 bits per heavy atom. The van der Waals surface area contributed by atoms with Crippen LogP contribution >= 0.6 is 27.5 Å². The van der Waals surface area contributed by atoms with Crippen LogP contribution < -0.4 is 0 Å². The van der Waals surface area contributed by atoms with Crippen molar-refractivity contribution in [3.8, 4) is 0 Å². The van der Waals surface area contributed by atoms with Gasteiger partial charge in [-0.15, -0.1) is 0 Å². The maximum absolute atomic E-state index is 13.5. The van der Waals surface area contributed by atoms with Crippen LogP contribution in [0.3, 0.4) is 0 Å². The molecular formula is C13H6BrClF2O. The molecule has 0 spiro atoms. The molecule has 0 amide bonds. The van der Waals surface area contributed by atoms with Crippen molar-refractivity contribution in [3.63, 3.8) is 0 Å². The molecule has 0 saturated carbocycles. The molecule has 2 aromatic carbocycles. The molecule has 5 heteroatoms. The van der Waals surface area contributed by atoms with Crippen molar-refractivity contribution in [3.05, 3.63) is 68.7 Å². The number of ketones is 1. The lowest BCUT2D eigenvalue weighted by atomic mass is 10.0. The number of carbonyl (C=O) groups is 1. The number of hydrogen-bond donors (Lipinski definition) is 0. The molecule has 0 atom stereocenters. The highest BCUT2D eigenvalue weighted by molar-refractivity contribution is 9.10. The third-order valence-electron chi connectivity index (χ3n) is 2.35. The van der Waals surface area contributed by atoms with Crippen LogP contribution in [-0.2, 0) is 0 Å². The molecule has 2 rings (SSSR count). The Balaban J connectivity index is 2.48. The fourth-order valence-corrected chi connectivity index (χ4v) is 2.36. The van der Waals surface area contributed by atoms with Crippen LogP contribution in [0.2, 0.25) is 5.02 Å². The fraction of sp³-hybridized carbons (Fsp3) is 0. The maximum Gasteiger partial charge on any atom is 0.197 e. The van der Waals surface area contributed by atoms with E-state index in [-0.39, 0.29) is 11.1 Å². The van der Waals surface area contributed by atoms with E-state index in [0.29, 0.717) is 15.6 Å². The minimum Gasteiger partial charge on any atom is -0.288 e. The summed E-state index contributed by atoms with van der Waals surface area (Å²) in [5, 5.41) is 0.456. The minimum atomic E-state index is -0.887. The average Bonchev–Trinajstić information content (AvgIpc) is 2.28. The SMILES string of the molecule is O=C(c1ccc(F)cc1F)c1ccc(Cl)cc1Br. The number of halogens is 4. The molecule has 0 N–H and O–H groups in total. The normalized spacial score (nSPS) is 10.4. The van der Waals surface area contributed by atoms with Gasteiger partial charge in [-0.2, -0.15) is 0 Å². The molecule has 0 aliphatic heterocycles. The standard InChI is InChI=1S/C13H6BrClF2O/c14-11-5-7(15)1-3-9(11)13(18)10-4-2-8(16)6-12(10)17/h1-6H. The van der Waals surface area contributed by atoms with Crippen molar-refractivity contribution in [1.29, 1.82) is 0 Å². The summed E-state index contributed by atoms with van der Waals surface area (Å²) in [4.78, 5) is 12.1. The lowest BCUT2D eigenvalue weighted by Gasteiger charge is -2.05. The molecule has 0 saturated heterocycles. The molecule has 1 nitrogen and oxygen atoms in total. The van der Waals surface area contributed by atoms with Gasteiger partial charge in [-0.3, -0.25) is 4.79 Å². The Bertz CT molecular complexity index is 575. The quantitative estimate of drug-likeness (QED) is 0.734. The highest BCUT2D eigenvalue weighted by atomic mass is 79.9. The predicted octanol–water partition coefficient (Wildman–Crippen LogP) is 4.61. The van der Waals surface area contributed by atoms with E-state index in [2.05, 4.69) is 15.9 Å². The molecule has 0 fully saturated rings. The van der Waals surface area contributed by atoms with E-state index >= 15 is 0 Å². The van der Waals surface area contributed by atoms with Gasteiger partial charge in [0.1, 0.15) is 11.6 Å². The molecule has 0 radical (unpaired) electrons.